The number of amides is 1. The minimum absolute atomic E-state index is 0.304. The first-order valence-corrected chi connectivity index (χ1v) is 9.84. The molecular weight excluding hydrogens is 357 g/mol. The number of hydrogen-bond donors (Lipinski definition) is 1. The normalized spacial score (nSPS) is 15.2. The van der Waals surface area contributed by atoms with E-state index in [2.05, 4.69) is 17.4 Å². The van der Waals surface area contributed by atoms with Crippen LogP contribution in [0.25, 0.3) is 0 Å². The molecule has 0 heterocycles. The third kappa shape index (κ3) is 4.97. The summed E-state index contributed by atoms with van der Waals surface area (Å²) in [6.07, 6.45) is 4.71. The Morgan fingerprint density at radius 1 is 1.04 bits per heavy atom. The van der Waals surface area contributed by atoms with Crippen LogP contribution in [-0.2, 0) is 26.2 Å². The summed E-state index contributed by atoms with van der Waals surface area (Å²) in [5.74, 6) is -1.11. The minimum atomic E-state index is -0.838. The topological polar surface area (TPSA) is 55.4 Å². The number of halogens is 1. The van der Waals surface area contributed by atoms with Gasteiger partial charge in [0.1, 0.15) is 5.82 Å². The number of carbonyl (C=O) groups excluding carboxylic acids is 2. The van der Waals surface area contributed by atoms with Gasteiger partial charge in [-0.25, -0.2) is 4.39 Å². The van der Waals surface area contributed by atoms with Crippen molar-refractivity contribution in [1.82, 2.24) is 5.32 Å². The van der Waals surface area contributed by atoms with Gasteiger partial charge < -0.3 is 10.1 Å². The van der Waals surface area contributed by atoms with E-state index < -0.39 is 11.4 Å². The van der Waals surface area contributed by atoms with Crippen LogP contribution in [0, 0.1) is 5.82 Å². The van der Waals surface area contributed by atoms with Gasteiger partial charge in [0.15, 0.2) is 6.61 Å². The van der Waals surface area contributed by atoms with Gasteiger partial charge in [-0.15, -0.1) is 0 Å². The van der Waals surface area contributed by atoms with Gasteiger partial charge >= 0.3 is 5.97 Å². The van der Waals surface area contributed by atoms with Crippen LogP contribution in [0.1, 0.15) is 43.2 Å². The Hall–Kier alpha value is -2.69. The fourth-order valence-corrected chi connectivity index (χ4v) is 3.86. The van der Waals surface area contributed by atoms with Gasteiger partial charge in [0.05, 0.1) is 5.41 Å². The highest BCUT2D eigenvalue weighted by Gasteiger charge is 2.44. The lowest BCUT2D eigenvalue weighted by Gasteiger charge is -2.27. The molecule has 1 N–H and O–H groups in total. The second-order valence-corrected chi connectivity index (χ2v) is 7.31. The first-order chi connectivity index (χ1) is 13.6. The van der Waals surface area contributed by atoms with Crippen molar-refractivity contribution in [3.63, 3.8) is 0 Å². The molecule has 1 aliphatic rings. The third-order valence-electron chi connectivity index (χ3n) is 5.37. The standard InChI is InChI=1S/C23H26FNO3/c24-20-12-6-11-19(16-20)23(13-4-5-14-23)22(27)28-17-21(26)25-15-7-10-18-8-2-1-3-9-18/h1-3,6,8-9,11-12,16H,4-5,7,10,13-15,17H2,(H,25,26). The summed E-state index contributed by atoms with van der Waals surface area (Å²) in [4.78, 5) is 24.8. The van der Waals surface area contributed by atoms with E-state index in [-0.39, 0.29) is 18.3 Å². The third-order valence-corrected chi connectivity index (χ3v) is 5.37. The largest absolute Gasteiger partial charge is 0.455 e. The summed E-state index contributed by atoms with van der Waals surface area (Å²) in [5, 5.41) is 2.78. The predicted molar refractivity (Wildman–Crippen MR) is 105 cm³/mol. The molecule has 0 radical (unpaired) electrons. The Balaban J connectivity index is 1.47. The molecule has 2 aromatic carbocycles. The Kier molecular flexibility index (Phi) is 6.80. The van der Waals surface area contributed by atoms with Crippen LogP contribution < -0.4 is 5.32 Å². The quantitative estimate of drug-likeness (QED) is 0.555. The summed E-state index contributed by atoms with van der Waals surface area (Å²) in [6.45, 7) is 0.224. The zero-order valence-corrected chi connectivity index (χ0v) is 16.0. The lowest BCUT2D eigenvalue weighted by molar-refractivity contribution is -0.154. The van der Waals surface area contributed by atoms with E-state index in [0.29, 0.717) is 24.9 Å². The highest BCUT2D eigenvalue weighted by Crippen LogP contribution is 2.42. The number of carbonyl (C=O) groups is 2. The Bertz CT molecular complexity index is 801. The number of hydrogen-bond acceptors (Lipinski definition) is 3. The summed E-state index contributed by atoms with van der Waals surface area (Å²) >= 11 is 0. The molecule has 0 spiro atoms. The molecule has 1 saturated carbocycles. The highest BCUT2D eigenvalue weighted by molar-refractivity contribution is 5.86. The average molecular weight is 383 g/mol. The first-order valence-electron chi connectivity index (χ1n) is 9.84. The van der Waals surface area contributed by atoms with E-state index in [1.165, 1.54) is 17.7 Å². The van der Waals surface area contributed by atoms with E-state index in [1.807, 2.05) is 18.2 Å². The maximum Gasteiger partial charge on any atom is 0.317 e. The van der Waals surface area contributed by atoms with Crippen LogP contribution >= 0.6 is 0 Å². The van der Waals surface area contributed by atoms with Gasteiger partial charge in [0.2, 0.25) is 0 Å². The molecule has 4 nitrogen and oxygen atoms in total. The summed E-state index contributed by atoms with van der Waals surface area (Å²) < 4.78 is 19.0. The molecule has 0 atom stereocenters. The van der Waals surface area contributed by atoms with Crippen molar-refractivity contribution in [3.8, 4) is 0 Å². The number of aryl methyl sites for hydroxylation is 1. The maximum absolute atomic E-state index is 13.6. The monoisotopic (exact) mass is 383 g/mol. The molecule has 0 aliphatic heterocycles. The van der Waals surface area contributed by atoms with Crippen LogP contribution in [0.2, 0.25) is 0 Å². The van der Waals surface area contributed by atoms with Crippen LogP contribution in [0.5, 0.6) is 0 Å². The van der Waals surface area contributed by atoms with Crippen molar-refractivity contribution in [1.29, 1.82) is 0 Å². The smallest absolute Gasteiger partial charge is 0.317 e. The van der Waals surface area contributed by atoms with Crippen molar-refractivity contribution in [2.75, 3.05) is 13.2 Å². The molecule has 1 aliphatic carbocycles. The Morgan fingerprint density at radius 3 is 2.50 bits per heavy atom. The van der Waals surface area contributed by atoms with Crippen LogP contribution in [0.4, 0.5) is 4.39 Å². The van der Waals surface area contributed by atoms with Gasteiger partial charge in [-0.3, -0.25) is 9.59 Å². The summed E-state index contributed by atoms with van der Waals surface area (Å²) in [6, 6.07) is 16.2. The molecule has 1 amide bonds. The van der Waals surface area contributed by atoms with Gasteiger partial charge in [-0.1, -0.05) is 55.3 Å². The maximum atomic E-state index is 13.6. The zero-order chi connectivity index (χ0) is 19.8. The van der Waals surface area contributed by atoms with Gasteiger partial charge in [0, 0.05) is 6.54 Å². The van der Waals surface area contributed by atoms with Crippen molar-refractivity contribution < 1.29 is 18.7 Å². The number of benzene rings is 2. The lowest BCUT2D eigenvalue weighted by Crippen LogP contribution is -2.38. The van der Waals surface area contributed by atoms with Gasteiger partial charge in [-0.2, -0.15) is 0 Å². The van der Waals surface area contributed by atoms with Crippen molar-refractivity contribution >= 4 is 11.9 Å². The zero-order valence-electron chi connectivity index (χ0n) is 16.0. The minimum Gasteiger partial charge on any atom is -0.455 e. The first kappa shape index (κ1) is 20.1. The van der Waals surface area contributed by atoms with Crippen LogP contribution in [0.15, 0.2) is 54.6 Å². The number of nitrogens with one attached hydrogen (secondary N) is 1. The van der Waals surface area contributed by atoms with E-state index in [1.54, 1.807) is 12.1 Å². The summed E-state index contributed by atoms with van der Waals surface area (Å²) in [7, 11) is 0. The van der Waals surface area contributed by atoms with Crippen LogP contribution in [0.3, 0.4) is 0 Å². The molecule has 0 saturated heterocycles. The van der Waals surface area contributed by atoms with Gasteiger partial charge in [0.25, 0.3) is 5.91 Å². The fourth-order valence-electron chi connectivity index (χ4n) is 3.86. The molecule has 5 heteroatoms. The van der Waals surface area contributed by atoms with E-state index in [9.17, 15) is 14.0 Å². The van der Waals surface area contributed by atoms with E-state index in [0.717, 1.165) is 25.7 Å². The van der Waals surface area contributed by atoms with Crippen molar-refractivity contribution in [3.05, 3.63) is 71.5 Å². The molecule has 3 rings (SSSR count). The molecule has 148 valence electrons. The second-order valence-electron chi connectivity index (χ2n) is 7.31. The molecular formula is C23H26FNO3. The predicted octanol–water partition coefficient (Wildman–Crippen LogP) is 3.93. The summed E-state index contributed by atoms with van der Waals surface area (Å²) in [5.41, 5.74) is 1.02. The number of ether oxygens (including phenoxy) is 1. The number of esters is 1. The van der Waals surface area contributed by atoms with E-state index >= 15 is 0 Å². The lowest BCUT2D eigenvalue weighted by atomic mass is 9.79. The van der Waals surface area contributed by atoms with Crippen LogP contribution in [-0.4, -0.2) is 25.0 Å². The highest BCUT2D eigenvalue weighted by atomic mass is 19.1. The Labute approximate surface area is 165 Å². The Morgan fingerprint density at radius 2 is 1.79 bits per heavy atom. The molecule has 28 heavy (non-hydrogen) atoms. The molecule has 2 aromatic rings. The van der Waals surface area contributed by atoms with Crippen molar-refractivity contribution in [2.45, 2.75) is 43.9 Å². The molecule has 1 fully saturated rings. The molecule has 0 bridgehead atoms. The second kappa shape index (κ2) is 9.49. The molecule has 0 aromatic heterocycles. The number of rotatable bonds is 8. The average Bonchev–Trinajstić information content (AvgIpc) is 3.21. The van der Waals surface area contributed by atoms with Crippen molar-refractivity contribution in [2.24, 2.45) is 0 Å². The SMILES string of the molecule is O=C(COC(=O)C1(c2cccc(F)c2)CCCC1)NCCCc1ccccc1. The fraction of sp³-hybridized carbons (Fsp3) is 0.391. The van der Waals surface area contributed by atoms with Gasteiger partial charge in [-0.05, 0) is 48.9 Å². The van der Waals surface area contributed by atoms with E-state index in [4.69, 9.17) is 4.74 Å². The molecule has 0 unspecified atom stereocenters.